The van der Waals surface area contributed by atoms with Crippen molar-refractivity contribution < 1.29 is 9.53 Å². The van der Waals surface area contributed by atoms with Gasteiger partial charge in [0, 0.05) is 12.2 Å². The number of rotatable bonds is 5. The molecule has 1 fully saturated rings. The van der Waals surface area contributed by atoms with E-state index in [4.69, 9.17) is 4.74 Å². The van der Waals surface area contributed by atoms with Gasteiger partial charge in [-0.2, -0.15) is 0 Å². The van der Waals surface area contributed by atoms with Crippen LogP contribution >= 0.6 is 28.3 Å². The second-order valence-electron chi connectivity index (χ2n) is 5.60. The fraction of sp³-hybridized carbons (Fsp3) is 0.278. The van der Waals surface area contributed by atoms with Gasteiger partial charge in [0.1, 0.15) is 12.4 Å². The van der Waals surface area contributed by atoms with Gasteiger partial charge in [0.2, 0.25) is 5.91 Å². The molecule has 0 radical (unpaired) electrons. The maximum Gasteiger partial charge on any atom is 0.228 e. The number of anilines is 1. The Morgan fingerprint density at radius 3 is 2.71 bits per heavy atom. The van der Waals surface area contributed by atoms with E-state index in [2.05, 4.69) is 26.6 Å². The summed E-state index contributed by atoms with van der Waals surface area (Å²) in [7, 11) is 0. The van der Waals surface area contributed by atoms with Crippen molar-refractivity contribution in [3.63, 3.8) is 0 Å². The molecule has 1 amide bonds. The number of carbonyl (C=O) groups excluding carboxylic acids is 1. The number of halogens is 2. The molecule has 0 saturated carbocycles. The second-order valence-corrected chi connectivity index (χ2v) is 6.45. The number of nitrogens with one attached hydrogen (secondary N) is 2. The number of hydrogen-bond donors (Lipinski definition) is 2. The van der Waals surface area contributed by atoms with Gasteiger partial charge in [0.15, 0.2) is 0 Å². The zero-order valence-corrected chi connectivity index (χ0v) is 15.5. The molecule has 3 rings (SSSR count). The Bertz CT molecular complexity index is 676. The third-order valence-corrected chi connectivity index (χ3v) is 4.49. The summed E-state index contributed by atoms with van der Waals surface area (Å²) in [6, 6.07) is 15.6. The molecule has 0 bridgehead atoms. The minimum absolute atomic E-state index is 0. The van der Waals surface area contributed by atoms with Crippen LogP contribution in [0.25, 0.3) is 0 Å². The molecule has 1 heterocycles. The third-order valence-electron chi connectivity index (χ3n) is 3.87. The molecule has 1 aliphatic heterocycles. The minimum atomic E-state index is 0. The molecule has 1 unspecified atom stereocenters. The van der Waals surface area contributed by atoms with Gasteiger partial charge < -0.3 is 15.4 Å². The van der Waals surface area contributed by atoms with Crippen LogP contribution in [0.5, 0.6) is 5.75 Å². The summed E-state index contributed by atoms with van der Waals surface area (Å²) in [4.78, 5) is 12.1. The lowest BCUT2D eigenvalue weighted by atomic mass is 10.1. The van der Waals surface area contributed by atoms with Crippen LogP contribution in [0, 0.1) is 5.92 Å². The van der Waals surface area contributed by atoms with Crippen LogP contribution in [0.4, 0.5) is 5.69 Å². The standard InChI is InChI=1S/C18H19BrN2O2.ClH/c19-16-10-15(21-18(22)14-8-9-20-11-14)6-7-17(16)23-12-13-4-2-1-3-5-13;/h1-7,10,14,20H,8-9,11-12H2,(H,21,22);1H. The molecule has 24 heavy (non-hydrogen) atoms. The Morgan fingerprint density at radius 1 is 1.25 bits per heavy atom. The average Bonchev–Trinajstić information content (AvgIpc) is 3.10. The first-order chi connectivity index (χ1) is 11.2. The van der Waals surface area contributed by atoms with Crippen molar-refractivity contribution in [1.29, 1.82) is 0 Å². The van der Waals surface area contributed by atoms with E-state index in [1.54, 1.807) is 0 Å². The van der Waals surface area contributed by atoms with E-state index in [-0.39, 0.29) is 24.2 Å². The van der Waals surface area contributed by atoms with E-state index in [9.17, 15) is 4.79 Å². The molecule has 0 aromatic heterocycles. The van der Waals surface area contributed by atoms with Crippen molar-refractivity contribution in [1.82, 2.24) is 5.32 Å². The predicted molar refractivity (Wildman–Crippen MR) is 102 cm³/mol. The van der Waals surface area contributed by atoms with Crippen LogP contribution in [-0.4, -0.2) is 19.0 Å². The zero-order chi connectivity index (χ0) is 16.1. The first-order valence-corrected chi connectivity index (χ1v) is 8.49. The van der Waals surface area contributed by atoms with Gasteiger partial charge in [-0.3, -0.25) is 4.79 Å². The fourth-order valence-corrected chi connectivity index (χ4v) is 3.05. The largest absolute Gasteiger partial charge is 0.488 e. The summed E-state index contributed by atoms with van der Waals surface area (Å²) in [5, 5.41) is 6.16. The van der Waals surface area contributed by atoms with Crippen LogP contribution in [0.2, 0.25) is 0 Å². The molecule has 2 aromatic carbocycles. The molecular weight excluding hydrogens is 392 g/mol. The summed E-state index contributed by atoms with van der Waals surface area (Å²) >= 11 is 3.51. The Balaban J connectivity index is 0.00000208. The monoisotopic (exact) mass is 410 g/mol. The van der Waals surface area contributed by atoms with Gasteiger partial charge >= 0.3 is 0 Å². The molecule has 4 nitrogen and oxygen atoms in total. The lowest BCUT2D eigenvalue weighted by Crippen LogP contribution is -2.24. The maximum atomic E-state index is 12.1. The van der Waals surface area contributed by atoms with E-state index in [1.165, 1.54) is 0 Å². The van der Waals surface area contributed by atoms with Gasteiger partial charge in [-0.1, -0.05) is 30.3 Å². The van der Waals surface area contributed by atoms with Gasteiger partial charge in [0.05, 0.1) is 10.4 Å². The van der Waals surface area contributed by atoms with Crippen molar-refractivity contribution in [3.8, 4) is 5.75 Å². The van der Waals surface area contributed by atoms with E-state index in [0.717, 1.165) is 41.0 Å². The molecular formula is C18H20BrClN2O2. The molecule has 6 heteroatoms. The molecule has 1 atom stereocenters. The second kappa shape index (κ2) is 9.06. The summed E-state index contributed by atoms with van der Waals surface area (Å²) in [5.74, 6) is 0.886. The highest BCUT2D eigenvalue weighted by Crippen LogP contribution is 2.29. The smallest absolute Gasteiger partial charge is 0.228 e. The number of benzene rings is 2. The minimum Gasteiger partial charge on any atom is -0.488 e. The van der Waals surface area contributed by atoms with Gasteiger partial charge in [0.25, 0.3) is 0 Å². The van der Waals surface area contributed by atoms with E-state index >= 15 is 0 Å². The molecule has 0 aliphatic carbocycles. The van der Waals surface area contributed by atoms with Crippen LogP contribution in [0.1, 0.15) is 12.0 Å². The lowest BCUT2D eigenvalue weighted by Gasteiger charge is -2.12. The Labute approximate surface area is 156 Å². The number of carbonyl (C=O) groups is 1. The van der Waals surface area contributed by atoms with Crippen molar-refractivity contribution >= 4 is 39.9 Å². The van der Waals surface area contributed by atoms with E-state index in [1.807, 2.05) is 48.5 Å². The van der Waals surface area contributed by atoms with Crippen molar-refractivity contribution in [2.75, 3.05) is 18.4 Å². The quantitative estimate of drug-likeness (QED) is 0.782. The first kappa shape index (κ1) is 18.8. The van der Waals surface area contributed by atoms with Gasteiger partial charge in [-0.05, 0) is 52.7 Å². The highest BCUT2D eigenvalue weighted by molar-refractivity contribution is 9.10. The zero-order valence-electron chi connectivity index (χ0n) is 13.1. The summed E-state index contributed by atoms with van der Waals surface area (Å²) in [5.41, 5.74) is 1.89. The molecule has 2 N–H and O–H groups in total. The first-order valence-electron chi connectivity index (χ1n) is 7.70. The Morgan fingerprint density at radius 2 is 2.04 bits per heavy atom. The number of ether oxygens (including phenoxy) is 1. The normalized spacial score (nSPS) is 16.3. The number of amides is 1. The topological polar surface area (TPSA) is 50.4 Å². The van der Waals surface area contributed by atoms with Crippen molar-refractivity contribution in [2.45, 2.75) is 13.0 Å². The third kappa shape index (κ3) is 4.97. The molecule has 1 aliphatic rings. The van der Waals surface area contributed by atoms with Crippen molar-refractivity contribution in [2.24, 2.45) is 5.92 Å². The Kier molecular flexibility index (Phi) is 7.09. The summed E-state index contributed by atoms with van der Waals surface area (Å²) in [6.45, 7) is 2.18. The van der Waals surface area contributed by atoms with Gasteiger partial charge in [-0.15, -0.1) is 12.4 Å². The van der Waals surface area contributed by atoms with Crippen LogP contribution in [-0.2, 0) is 11.4 Å². The molecule has 2 aromatic rings. The Hall–Kier alpha value is -1.56. The summed E-state index contributed by atoms with van der Waals surface area (Å²) in [6.07, 6.45) is 0.894. The van der Waals surface area contributed by atoms with E-state index in [0.29, 0.717) is 6.61 Å². The lowest BCUT2D eigenvalue weighted by molar-refractivity contribution is -0.119. The van der Waals surface area contributed by atoms with E-state index < -0.39 is 0 Å². The predicted octanol–water partition coefficient (Wildman–Crippen LogP) is 4.00. The van der Waals surface area contributed by atoms with Gasteiger partial charge in [-0.25, -0.2) is 0 Å². The number of hydrogen-bond acceptors (Lipinski definition) is 3. The molecule has 128 valence electrons. The fourth-order valence-electron chi connectivity index (χ4n) is 2.55. The van der Waals surface area contributed by atoms with Crippen LogP contribution in [0.3, 0.4) is 0 Å². The average molecular weight is 412 g/mol. The van der Waals surface area contributed by atoms with Crippen LogP contribution < -0.4 is 15.4 Å². The molecule has 0 spiro atoms. The maximum absolute atomic E-state index is 12.1. The SMILES string of the molecule is Cl.O=C(Nc1ccc(OCc2ccccc2)c(Br)c1)C1CCNC1. The van der Waals surface area contributed by atoms with Crippen LogP contribution in [0.15, 0.2) is 53.0 Å². The van der Waals surface area contributed by atoms with Crippen molar-refractivity contribution in [3.05, 3.63) is 58.6 Å². The highest BCUT2D eigenvalue weighted by atomic mass is 79.9. The summed E-state index contributed by atoms with van der Waals surface area (Å²) < 4.78 is 6.64. The molecule has 1 saturated heterocycles. The highest BCUT2D eigenvalue weighted by Gasteiger charge is 2.22.